The van der Waals surface area contributed by atoms with Crippen LogP contribution < -0.4 is 0 Å². The summed E-state index contributed by atoms with van der Waals surface area (Å²) in [6, 6.07) is 8.73. The van der Waals surface area contributed by atoms with E-state index in [0.717, 1.165) is 23.5 Å². The zero-order valence-electron chi connectivity index (χ0n) is 16.0. The average Bonchev–Trinajstić information content (AvgIpc) is 2.45. The van der Waals surface area contributed by atoms with Crippen molar-refractivity contribution in [3.63, 3.8) is 0 Å². The number of aryl methyl sites for hydroxylation is 6. The lowest BCUT2D eigenvalue weighted by Gasteiger charge is -2.08. The summed E-state index contributed by atoms with van der Waals surface area (Å²) in [6.07, 6.45) is 2.74. The molecule has 0 bridgehead atoms. The Balaban J connectivity index is 2.18. The molecular weight excluding hydrogens is 292 g/mol. The fourth-order valence-electron chi connectivity index (χ4n) is 3.23. The molecule has 0 heterocycles. The lowest BCUT2D eigenvalue weighted by molar-refractivity contribution is 1.27. The van der Waals surface area contributed by atoms with Gasteiger partial charge in [-0.2, -0.15) is 0 Å². The number of benzene rings is 2. The topological polar surface area (TPSA) is 24.7 Å². The first-order valence-corrected chi connectivity index (χ1v) is 8.50. The van der Waals surface area contributed by atoms with E-state index in [4.69, 9.17) is 4.99 Å². The Kier molecular flexibility index (Phi) is 5.71. The molecule has 2 rings (SSSR count). The number of nitrogens with zero attached hydrogens (tertiary/aromatic N) is 2. The van der Waals surface area contributed by atoms with Gasteiger partial charge in [0.25, 0.3) is 0 Å². The van der Waals surface area contributed by atoms with Crippen LogP contribution in [0, 0.1) is 41.5 Å². The van der Waals surface area contributed by atoms with Crippen molar-refractivity contribution in [3.05, 3.63) is 57.6 Å². The number of hydrogen-bond acceptors (Lipinski definition) is 2. The fourth-order valence-corrected chi connectivity index (χ4v) is 3.23. The second kappa shape index (κ2) is 7.57. The first-order chi connectivity index (χ1) is 11.3. The van der Waals surface area contributed by atoms with Gasteiger partial charge < -0.3 is 0 Å². The van der Waals surface area contributed by atoms with Gasteiger partial charge in [0, 0.05) is 18.3 Å². The Labute approximate surface area is 146 Å². The number of rotatable bonds is 4. The molecule has 2 heteroatoms. The van der Waals surface area contributed by atoms with Gasteiger partial charge in [0.05, 0.1) is 11.4 Å². The molecule has 2 aromatic rings. The van der Waals surface area contributed by atoms with Gasteiger partial charge in [-0.25, -0.2) is 0 Å². The fraction of sp³-hybridized carbons (Fsp3) is 0.364. The van der Waals surface area contributed by atoms with Crippen molar-refractivity contribution in [2.24, 2.45) is 9.98 Å². The quantitative estimate of drug-likeness (QED) is 0.580. The molecule has 0 fully saturated rings. The molecular formula is C22H28N2. The van der Waals surface area contributed by atoms with Gasteiger partial charge in [-0.1, -0.05) is 35.4 Å². The van der Waals surface area contributed by atoms with Crippen LogP contribution in [-0.2, 0) is 0 Å². The van der Waals surface area contributed by atoms with Gasteiger partial charge in [-0.15, -0.1) is 0 Å². The van der Waals surface area contributed by atoms with Crippen LogP contribution in [0.4, 0.5) is 11.4 Å². The molecule has 0 unspecified atom stereocenters. The predicted molar refractivity (Wildman–Crippen MR) is 107 cm³/mol. The summed E-state index contributed by atoms with van der Waals surface area (Å²) in [5.74, 6) is 0. The molecule has 0 amide bonds. The molecule has 24 heavy (non-hydrogen) atoms. The molecule has 0 aliphatic rings. The van der Waals surface area contributed by atoms with Crippen LogP contribution in [0.3, 0.4) is 0 Å². The minimum absolute atomic E-state index is 0.763. The molecule has 0 aliphatic heterocycles. The van der Waals surface area contributed by atoms with E-state index in [1.165, 1.54) is 33.4 Å². The third-order valence-corrected chi connectivity index (χ3v) is 4.18. The maximum absolute atomic E-state index is 4.81. The highest BCUT2D eigenvalue weighted by Crippen LogP contribution is 2.26. The van der Waals surface area contributed by atoms with Gasteiger partial charge in [-0.3, -0.25) is 9.98 Å². The van der Waals surface area contributed by atoms with Crippen LogP contribution in [0.25, 0.3) is 0 Å². The molecule has 0 N–H and O–H groups in total. The van der Waals surface area contributed by atoms with Crippen LogP contribution in [0.1, 0.15) is 46.7 Å². The lowest BCUT2D eigenvalue weighted by Crippen LogP contribution is -1.94. The van der Waals surface area contributed by atoms with E-state index in [1.54, 1.807) is 0 Å². The summed E-state index contributed by atoms with van der Waals surface area (Å²) in [4.78, 5) is 9.50. The first-order valence-electron chi connectivity index (χ1n) is 8.50. The maximum atomic E-state index is 4.81. The van der Waals surface area contributed by atoms with Gasteiger partial charge in [-0.05, 0) is 70.7 Å². The molecule has 126 valence electrons. The zero-order chi connectivity index (χ0) is 17.9. The third-order valence-electron chi connectivity index (χ3n) is 4.18. The summed E-state index contributed by atoms with van der Waals surface area (Å²) in [5, 5.41) is 0. The molecule has 0 saturated heterocycles. The van der Waals surface area contributed by atoms with Crippen LogP contribution >= 0.6 is 0 Å². The Morgan fingerprint density at radius 2 is 1.17 bits per heavy atom. The summed E-state index contributed by atoms with van der Waals surface area (Å²) >= 11 is 0. The Morgan fingerprint density at radius 1 is 0.750 bits per heavy atom. The first kappa shape index (κ1) is 18.1. The Morgan fingerprint density at radius 3 is 1.62 bits per heavy atom. The van der Waals surface area contributed by atoms with Gasteiger partial charge in [0.15, 0.2) is 0 Å². The smallest absolute Gasteiger partial charge is 0.0687 e. The Bertz CT molecular complexity index is 765. The van der Waals surface area contributed by atoms with Gasteiger partial charge in [0.1, 0.15) is 0 Å². The number of hydrogen-bond donors (Lipinski definition) is 0. The minimum atomic E-state index is 0.763. The van der Waals surface area contributed by atoms with Crippen molar-refractivity contribution in [1.82, 2.24) is 0 Å². The van der Waals surface area contributed by atoms with Crippen molar-refractivity contribution < 1.29 is 0 Å². The van der Waals surface area contributed by atoms with Crippen molar-refractivity contribution >= 4 is 23.3 Å². The highest BCUT2D eigenvalue weighted by molar-refractivity contribution is 5.96. The van der Waals surface area contributed by atoms with Crippen LogP contribution in [-0.4, -0.2) is 11.9 Å². The zero-order valence-corrected chi connectivity index (χ0v) is 16.0. The van der Waals surface area contributed by atoms with Crippen LogP contribution in [0.15, 0.2) is 34.3 Å². The molecule has 0 atom stereocenters. The van der Waals surface area contributed by atoms with Gasteiger partial charge in [0.2, 0.25) is 0 Å². The van der Waals surface area contributed by atoms with E-state index in [9.17, 15) is 0 Å². The summed E-state index contributed by atoms with van der Waals surface area (Å²) in [6.45, 7) is 14.8. The second-order valence-corrected chi connectivity index (χ2v) is 6.86. The van der Waals surface area contributed by atoms with E-state index >= 15 is 0 Å². The highest BCUT2D eigenvalue weighted by Gasteiger charge is 2.04. The van der Waals surface area contributed by atoms with Gasteiger partial charge >= 0.3 is 0 Å². The van der Waals surface area contributed by atoms with Crippen LogP contribution in [0.5, 0.6) is 0 Å². The summed E-state index contributed by atoms with van der Waals surface area (Å²) < 4.78 is 0. The van der Waals surface area contributed by atoms with Crippen molar-refractivity contribution in [1.29, 1.82) is 0 Å². The molecule has 0 spiro atoms. The predicted octanol–water partition coefficient (Wildman–Crippen LogP) is 6.42. The van der Waals surface area contributed by atoms with E-state index in [-0.39, 0.29) is 0 Å². The largest absolute Gasteiger partial charge is 0.260 e. The lowest BCUT2D eigenvalue weighted by atomic mass is 10.1. The molecule has 2 aromatic carbocycles. The summed E-state index contributed by atoms with van der Waals surface area (Å²) in [5.41, 5.74) is 10.7. The standard InChI is InChI=1S/C22H28N2/c1-14-10-16(3)21(17(4)11-14)23-9-8-20(7)24-22-18(5)12-15(2)13-19(22)6/h9-13H,8H2,1-7H3. The van der Waals surface area contributed by atoms with E-state index in [2.05, 4.69) is 77.7 Å². The summed E-state index contributed by atoms with van der Waals surface area (Å²) in [7, 11) is 0. The van der Waals surface area contributed by atoms with E-state index < -0.39 is 0 Å². The highest BCUT2D eigenvalue weighted by atomic mass is 14.8. The van der Waals surface area contributed by atoms with Crippen molar-refractivity contribution in [3.8, 4) is 0 Å². The third kappa shape index (κ3) is 4.41. The molecule has 0 aromatic heterocycles. The normalized spacial score (nSPS) is 12.2. The van der Waals surface area contributed by atoms with E-state index in [1.807, 2.05) is 6.21 Å². The Hall–Kier alpha value is -2.22. The van der Waals surface area contributed by atoms with Crippen molar-refractivity contribution in [2.75, 3.05) is 0 Å². The number of aliphatic imine (C=N–C) groups is 2. The minimum Gasteiger partial charge on any atom is -0.260 e. The van der Waals surface area contributed by atoms with E-state index in [0.29, 0.717) is 0 Å². The maximum Gasteiger partial charge on any atom is 0.0687 e. The average molecular weight is 320 g/mol. The molecule has 0 aliphatic carbocycles. The second-order valence-electron chi connectivity index (χ2n) is 6.86. The molecule has 0 radical (unpaired) electrons. The van der Waals surface area contributed by atoms with Crippen molar-refractivity contribution in [2.45, 2.75) is 54.9 Å². The molecule has 0 saturated carbocycles. The molecule has 2 nitrogen and oxygen atoms in total. The monoisotopic (exact) mass is 320 g/mol. The SMILES string of the molecule is CC(CC=Nc1c(C)cc(C)cc1C)=Nc1c(C)cc(C)cc1C. The van der Waals surface area contributed by atoms with Crippen LogP contribution in [0.2, 0.25) is 0 Å².